The van der Waals surface area contributed by atoms with Crippen LogP contribution in [-0.4, -0.2) is 32.5 Å². The van der Waals surface area contributed by atoms with E-state index in [1.807, 2.05) is 12.1 Å². The molecule has 0 unspecified atom stereocenters. The molecule has 2 amide bonds. The van der Waals surface area contributed by atoms with Crippen LogP contribution >= 0.6 is 11.8 Å². The Labute approximate surface area is 162 Å². The minimum atomic E-state index is -0.251. The van der Waals surface area contributed by atoms with E-state index in [1.54, 1.807) is 36.4 Å². The van der Waals surface area contributed by atoms with Crippen molar-refractivity contribution in [1.82, 2.24) is 10.6 Å². The highest BCUT2D eigenvalue weighted by Crippen LogP contribution is 2.34. The Morgan fingerprint density at radius 3 is 1.70 bits per heavy atom. The number of nitrogens with one attached hydrogen (secondary N) is 2. The van der Waals surface area contributed by atoms with Crippen LogP contribution in [0.5, 0.6) is 11.5 Å². The largest absolute Gasteiger partial charge is 0.508 e. The van der Waals surface area contributed by atoms with Gasteiger partial charge in [-0.05, 0) is 48.2 Å². The Kier molecular flexibility index (Phi) is 6.24. The molecule has 0 bridgehead atoms. The number of amides is 2. The summed E-state index contributed by atoms with van der Waals surface area (Å²) in [5, 5.41) is 24.1. The summed E-state index contributed by atoms with van der Waals surface area (Å²) in [6.07, 6.45) is 1.31. The van der Waals surface area contributed by atoms with Crippen molar-refractivity contribution >= 4 is 23.6 Å². The number of rotatable bonds is 6. The van der Waals surface area contributed by atoms with Gasteiger partial charge in [-0.25, -0.2) is 0 Å². The van der Waals surface area contributed by atoms with Gasteiger partial charge in [-0.3, -0.25) is 9.59 Å². The van der Waals surface area contributed by atoms with Crippen LogP contribution in [0.3, 0.4) is 0 Å². The summed E-state index contributed by atoms with van der Waals surface area (Å²) in [6.45, 7) is 0.692. The van der Waals surface area contributed by atoms with E-state index in [1.165, 1.54) is 11.8 Å². The lowest BCUT2D eigenvalue weighted by Gasteiger charge is -2.13. The van der Waals surface area contributed by atoms with E-state index in [2.05, 4.69) is 10.6 Å². The number of hydrogen-bond acceptors (Lipinski definition) is 5. The first-order valence-electron chi connectivity index (χ1n) is 8.78. The number of hydrogen-bond donors (Lipinski definition) is 4. The van der Waals surface area contributed by atoms with E-state index < -0.39 is 0 Å². The monoisotopic (exact) mass is 386 g/mol. The quantitative estimate of drug-likeness (QED) is 0.611. The third-order valence-electron chi connectivity index (χ3n) is 4.36. The van der Waals surface area contributed by atoms with E-state index in [-0.39, 0.29) is 33.8 Å². The van der Waals surface area contributed by atoms with Crippen molar-refractivity contribution in [2.45, 2.75) is 36.4 Å². The predicted octanol–water partition coefficient (Wildman–Crippen LogP) is 2.29. The molecule has 1 saturated heterocycles. The molecular weight excluding hydrogens is 364 g/mol. The number of carbonyl (C=O) groups excluding carboxylic acids is 2. The molecule has 2 aromatic rings. The van der Waals surface area contributed by atoms with Crippen LogP contribution in [-0.2, 0) is 22.7 Å². The topological polar surface area (TPSA) is 98.7 Å². The van der Waals surface area contributed by atoms with E-state index in [0.29, 0.717) is 25.9 Å². The van der Waals surface area contributed by atoms with E-state index in [4.69, 9.17) is 0 Å². The van der Waals surface area contributed by atoms with Crippen LogP contribution in [0.1, 0.15) is 24.0 Å². The maximum atomic E-state index is 12.3. The summed E-state index contributed by atoms with van der Waals surface area (Å²) in [5.74, 6) is 0.152. The molecule has 1 aliphatic heterocycles. The minimum absolute atomic E-state index is 0.0911. The zero-order valence-electron chi connectivity index (χ0n) is 14.7. The van der Waals surface area contributed by atoms with Crippen molar-refractivity contribution < 1.29 is 19.8 Å². The van der Waals surface area contributed by atoms with Gasteiger partial charge >= 0.3 is 0 Å². The van der Waals surface area contributed by atoms with Gasteiger partial charge in [-0.2, -0.15) is 0 Å². The normalized spacial score (nSPS) is 18.8. The van der Waals surface area contributed by atoms with Crippen molar-refractivity contribution in [3.63, 3.8) is 0 Å². The van der Waals surface area contributed by atoms with Gasteiger partial charge in [0.25, 0.3) is 0 Å². The first kappa shape index (κ1) is 19.1. The summed E-state index contributed by atoms with van der Waals surface area (Å²) in [5.41, 5.74) is 1.65. The summed E-state index contributed by atoms with van der Waals surface area (Å²) in [7, 11) is 0. The molecule has 3 rings (SSSR count). The van der Waals surface area contributed by atoms with Crippen LogP contribution in [0.15, 0.2) is 48.5 Å². The van der Waals surface area contributed by atoms with Gasteiger partial charge in [-0.1, -0.05) is 24.3 Å². The molecule has 0 aliphatic carbocycles. The Morgan fingerprint density at radius 1 is 0.852 bits per heavy atom. The molecule has 1 heterocycles. The highest BCUT2D eigenvalue weighted by atomic mass is 32.2. The molecule has 0 spiro atoms. The Hall–Kier alpha value is -2.67. The van der Waals surface area contributed by atoms with Gasteiger partial charge in [0.15, 0.2) is 0 Å². The average molecular weight is 386 g/mol. The van der Waals surface area contributed by atoms with E-state index in [9.17, 15) is 19.8 Å². The second-order valence-corrected chi connectivity index (χ2v) is 7.88. The standard InChI is InChI=1S/C20H22N2O4S/c23-15-5-1-3-13(9-15)11-21-19(25)17-7-8-18(27-17)20(26)22-12-14-4-2-6-16(24)10-14/h1-6,9-10,17-18,23-24H,7-8,11-12H2,(H,21,25)(H,22,26)/t17-,18+. The smallest absolute Gasteiger partial charge is 0.233 e. The number of benzene rings is 2. The number of aromatic hydroxyl groups is 2. The fourth-order valence-corrected chi connectivity index (χ4v) is 4.32. The summed E-state index contributed by atoms with van der Waals surface area (Å²) in [6, 6.07) is 13.5. The molecule has 142 valence electrons. The molecule has 27 heavy (non-hydrogen) atoms. The Bertz CT molecular complexity index is 760. The van der Waals surface area contributed by atoms with Crippen molar-refractivity contribution in [1.29, 1.82) is 0 Å². The van der Waals surface area contributed by atoms with Crippen LogP contribution < -0.4 is 10.6 Å². The zero-order valence-corrected chi connectivity index (χ0v) is 15.5. The van der Waals surface area contributed by atoms with Crippen molar-refractivity contribution in [2.24, 2.45) is 0 Å². The average Bonchev–Trinajstić information content (AvgIpc) is 3.15. The number of phenols is 2. The highest BCUT2D eigenvalue weighted by Gasteiger charge is 2.34. The molecule has 1 aliphatic rings. The lowest BCUT2D eigenvalue weighted by atomic mass is 10.1. The van der Waals surface area contributed by atoms with E-state index in [0.717, 1.165) is 11.1 Å². The zero-order chi connectivity index (χ0) is 19.2. The highest BCUT2D eigenvalue weighted by molar-refractivity contribution is 8.02. The van der Waals surface area contributed by atoms with Crippen LogP contribution in [0.25, 0.3) is 0 Å². The Morgan fingerprint density at radius 2 is 1.30 bits per heavy atom. The van der Waals surface area contributed by atoms with Gasteiger partial charge in [0.05, 0.1) is 10.5 Å². The first-order chi connectivity index (χ1) is 13.0. The number of carbonyl (C=O) groups is 2. The summed E-state index contributed by atoms with van der Waals surface area (Å²) in [4.78, 5) is 24.7. The maximum absolute atomic E-state index is 12.3. The van der Waals surface area contributed by atoms with Crippen molar-refractivity contribution in [2.75, 3.05) is 0 Å². The van der Waals surface area contributed by atoms with Crippen molar-refractivity contribution in [3.05, 3.63) is 59.7 Å². The molecule has 0 saturated carbocycles. The van der Waals surface area contributed by atoms with Gasteiger partial charge in [0.2, 0.25) is 11.8 Å². The second-order valence-electron chi connectivity index (χ2n) is 6.47. The lowest BCUT2D eigenvalue weighted by molar-refractivity contribution is -0.121. The number of thioether (sulfide) groups is 1. The van der Waals surface area contributed by atoms with Gasteiger partial charge < -0.3 is 20.8 Å². The van der Waals surface area contributed by atoms with Gasteiger partial charge in [0.1, 0.15) is 11.5 Å². The molecule has 2 atom stereocenters. The predicted molar refractivity (Wildman–Crippen MR) is 104 cm³/mol. The molecule has 2 aromatic carbocycles. The molecule has 0 aromatic heterocycles. The third-order valence-corrected chi connectivity index (χ3v) is 5.92. The second kappa shape index (κ2) is 8.81. The molecule has 1 fully saturated rings. The molecule has 7 heteroatoms. The number of phenolic OH excluding ortho intramolecular Hbond substituents is 2. The summed E-state index contributed by atoms with van der Waals surface area (Å²) < 4.78 is 0. The maximum Gasteiger partial charge on any atom is 0.233 e. The third kappa shape index (κ3) is 5.40. The van der Waals surface area contributed by atoms with Crippen LogP contribution in [0.4, 0.5) is 0 Å². The SMILES string of the molecule is O=C(NCc1cccc(O)c1)[C@@H]1CC[C@H](C(=O)NCc2cccc(O)c2)S1. The van der Waals surface area contributed by atoms with E-state index >= 15 is 0 Å². The summed E-state index contributed by atoms with van der Waals surface area (Å²) >= 11 is 1.38. The molecule has 4 N–H and O–H groups in total. The van der Waals surface area contributed by atoms with Crippen LogP contribution in [0.2, 0.25) is 0 Å². The minimum Gasteiger partial charge on any atom is -0.508 e. The van der Waals surface area contributed by atoms with Gasteiger partial charge in [0, 0.05) is 13.1 Å². The molecule has 6 nitrogen and oxygen atoms in total. The van der Waals surface area contributed by atoms with Crippen LogP contribution in [0, 0.1) is 0 Å². The molecule has 0 radical (unpaired) electrons. The van der Waals surface area contributed by atoms with Crippen molar-refractivity contribution in [3.8, 4) is 11.5 Å². The van der Waals surface area contributed by atoms with Gasteiger partial charge in [-0.15, -0.1) is 11.8 Å². The Balaban J connectivity index is 1.44. The first-order valence-corrected chi connectivity index (χ1v) is 9.72. The fourth-order valence-electron chi connectivity index (χ4n) is 2.96. The lowest BCUT2D eigenvalue weighted by Crippen LogP contribution is -2.33. The molecular formula is C20H22N2O4S. The fraction of sp³-hybridized carbons (Fsp3) is 0.300.